The number of hydrogen-bond acceptors (Lipinski definition) is 3. The Labute approximate surface area is 122 Å². The standard InChI is InChI=1S/C17H14O4/c18-11-15-10-16(8-6-14(15)7-9-17(19)20)21-12-13-4-2-1-3-5-13/h1-11H,12H2,(H,19,20)/b9-7+. The highest BCUT2D eigenvalue weighted by Gasteiger charge is 2.03. The smallest absolute Gasteiger partial charge is 0.328 e. The van der Waals surface area contributed by atoms with Crippen LogP contribution in [0.5, 0.6) is 5.75 Å². The summed E-state index contributed by atoms with van der Waals surface area (Å²) in [5.74, 6) is -0.496. The number of carboxylic acids is 1. The summed E-state index contributed by atoms with van der Waals surface area (Å²) < 4.78 is 5.62. The zero-order chi connectivity index (χ0) is 15.1. The molecule has 0 amide bonds. The van der Waals surface area contributed by atoms with Crippen molar-refractivity contribution in [3.05, 3.63) is 71.3 Å². The summed E-state index contributed by atoms with van der Waals surface area (Å²) in [5.41, 5.74) is 1.96. The fourth-order valence-corrected chi connectivity index (χ4v) is 1.80. The number of ether oxygens (including phenoxy) is 1. The molecule has 4 nitrogen and oxygen atoms in total. The minimum Gasteiger partial charge on any atom is -0.489 e. The SMILES string of the molecule is O=Cc1cc(OCc2ccccc2)ccc1/C=C/C(=O)O. The van der Waals surface area contributed by atoms with Crippen molar-refractivity contribution in [2.45, 2.75) is 6.61 Å². The Morgan fingerprint density at radius 3 is 2.52 bits per heavy atom. The van der Waals surface area contributed by atoms with Crippen molar-refractivity contribution in [3.8, 4) is 5.75 Å². The first-order valence-corrected chi connectivity index (χ1v) is 6.36. The van der Waals surface area contributed by atoms with Crippen molar-refractivity contribution in [3.63, 3.8) is 0 Å². The average molecular weight is 282 g/mol. The van der Waals surface area contributed by atoms with Crippen LogP contribution in [-0.4, -0.2) is 17.4 Å². The molecule has 0 saturated carbocycles. The Balaban J connectivity index is 2.11. The number of rotatable bonds is 6. The van der Waals surface area contributed by atoms with Gasteiger partial charge in [0, 0.05) is 11.6 Å². The molecule has 0 heterocycles. The monoisotopic (exact) mass is 282 g/mol. The number of aldehydes is 1. The van der Waals surface area contributed by atoms with Crippen LogP contribution in [0.4, 0.5) is 0 Å². The molecule has 0 saturated heterocycles. The van der Waals surface area contributed by atoms with Gasteiger partial charge in [0.2, 0.25) is 0 Å². The van der Waals surface area contributed by atoms with Crippen molar-refractivity contribution in [2.75, 3.05) is 0 Å². The van der Waals surface area contributed by atoms with Crippen LogP contribution < -0.4 is 4.74 Å². The Morgan fingerprint density at radius 1 is 1.10 bits per heavy atom. The lowest BCUT2D eigenvalue weighted by Crippen LogP contribution is -1.97. The van der Waals surface area contributed by atoms with Crippen LogP contribution in [0, 0.1) is 0 Å². The predicted molar refractivity (Wildman–Crippen MR) is 79.3 cm³/mol. The highest BCUT2D eigenvalue weighted by atomic mass is 16.5. The van der Waals surface area contributed by atoms with E-state index in [-0.39, 0.29) is 0 Å². The van der Waals surface area contributed by atoms with Crippen molar-refractivity contribution in [2.24, 2.45) is 0 Å². The van der Waals surface area contributed by atoms with Gasteiger partial charge in [-0.25, -0.2) is 4.79 Å². The van der Waals surface area contributed by atoms with Gasteiger partial charge >= 0.3 is 5.97 Å². The molecule has 0 aliphatic rings. The van der Waals surface area contributed by atoms with E-state index in [2.05, 4.69) is 0 Å². The Kier molecular flexibility index (Phi) is 4.88. The summed E-state index contributed by atoms with van der Waals surface area (Å²) >= 11 is 0. The Morgan fingerprint density at radius 2 is 1.86 bits per heavy atom. The van der Waals surface area contributed by atoms with E-state index in [1.807, 2.05) is 30.3 Å². The highest BCUT2D eigenvalue weighted by molar-refractivity contribution is 5.89. The zero-order valence-electron chi connectivity index (χ0n) is 11.2. The molecular formula is C17H14O4. The van der Waals surface area contributed by atoms with Gasteiger partial charge in [0.1, 0.15) is 12.4 Å². The van der Waals surface area contributed by atoms with E-state index in [0.717, 1.165) is 11.6 Å². The molecule has 2 aromatic carbocycles. The molecule has 4 heteroatoms. The largest absolute Gasteiger partial charge is 0.489 e. The predicted octanol–water partition coefficient (Wildman–Crippen LogP) is 3.18. The minimum atomic E-state index is -1.06. The summed E-state index contributed by atoms with van der Waals surface area (Å²) in [6, 6.07) is 14.6. The number of carbonyl (C=O) groups excluding carboxylic acids is 1. The molecule has 0 unspecified atom stereocenters. The molecule has 0 aromatic heterocycles. The Bertz CT molecular complexity index is 660. The van der Waals surface area contributed by atoms with Crippen molar-refractivity contribution < 1.29 is 19.4 Å². The lowest BCUT2D eigenvalue weighted by molar-refractivity contribution is -0.131. The molecule has 0 spiro atoms. The van der Waals surface area contributed by atoms with Crippen molar-refractivity contribution in [1.29, 1.82) is 0 Å². The molecular weight excluding hydrogens is 268 g/mol. The molecule has 21 heavy (non-hydrogen) atoms. The fourth-order valence-electron chi connectivity index (χ4n) is 1.80. The minimum absolute atomic E-state index is 0.387. The maximum atomic E-state index is 11.1. The quantitative estimate of drug-likeness (QED) is 0.653. The van der Waals surface area contributed by atoms with Gasteiger partial charge in [-0.05, 0) is 29.3 Å². The summed E-state index contributed by atoms with van der Waals surface area (Å²) in [6.07, 6.45) is 3.05. The van der Waals surface area contributed by atoms with E-state index >= 15 is 0 Å². The number of benzene rings is 2. The zero-order valence-corrected chi connectivity index (χ0v) is 11.2. The summed E-state index contributed by atoms with van der Waals surface area (Å²) in [6.45, 7) is 0.406. The van der Waals surface area contributed by atoms with E-state index in [1.54, 1.807) is 18.2 Å². The third-order valence-corrected chi connectivity index (χ3v) is 2.84. The second-order valence-corrected chi connectivity index (χ2v) is 4.35. The molecule has 0 aliphatic carbocycles. The molecule has 0 atom stereocenters. The van der Waals surface area contributed by atoms with Crippen molar-refractivity contribution >= 4 is 18.3 Å². The van der Waals surface area contributed by atoms with Gasteiger partial charge in [0.15, 0.2) is 6.29 Å². The molecule has 0 fully saturated rings. The lowest BCUT2D eigenvalue weighted by atomic mass is 10.1. The molecule has 2 rings (SSSR count). The third-order valence-electron chi connectivity index (χ3n) is 2.84. The van der Waals surface area contributed by atoms with Gasteiger partial charge in [0.25, 0.3) is 0 Å². The molecule has 0 bridgehead atoms. The van der Waals surface area contributed by atoms with Crippen LogP contribution in [0.1, 0.15) is 21.5 Å². The summed E-state index contributed by atoms with van der Waals surface area (Å²) in [5, 5.41) is 8.60. The number of carboxylic acid groups (broad SMARTS) is 1. The first-order valence-electron chi connectivity index (χ1n) is 6.36. The normalized spacial score (nSPS) is 10.5. The van der Waals surface area contributed by atoms with Crippen LogP contribution in [0.25, 0.3) is 6.08 Å². The highest BCUT2D eigenvalue weighted by Crippen LogP contribution is 2.19. The van der Waals surface area contributed by atoms with Crippen LogP contribution in [0.3, 0.4) is 0 Å². The van der Waals surface area contributed by atoms with Crippen LogP contribution >= 0.6 is 0 Å². The summed E-state index contributed by atoms with van der Waals surface area (Å²) in [4.78, 5) is 21.6. The van der Waals surface area contributed by atoms with Gasteiger partial charge in [-0.15, -0.1) is 0 Å². The fraction of sp³-hybridized carbons (Fsp3) is 0.0588. The second-order valence-electron chi connectivity index (χ2n) is 4.35. The van der Waals surface area contributed by atoms with Gasteiger partial charge in [-0.3, -0.25) is 4.79 Å². The van der Waals surface area contributed by atoms with E-state index in [0.29, 0.717) is 29.8 Å². The number of aliphatic carboxylic acids is 1. The van der Waals surface area contributed by atoms with E-state index in [1.165, 1.54) is 6.08 Å². The lowest BCUT2D eigenvalue weighted by Gasteiger charge is -2.08. The molecule has 0 aliphatic heterocycles. The van der Waals surface area contributed by atoms with E-state index in [9.17, 15) is 9.59 Å². The van der Waals surface area contributed by atoms with Gasteiger partial charge < -0.3 is 9.84 Å². The van der Waals surface area contributed by atoms with Crippen molar-refractivity contribution in [1.82, 2.24) is 0 Å². The third kappa shape index (κ3) is 4.31. The maximum Gasteiger partial charge on any atom is 0.328 e. The number of carbonyl (C=O) groups is 2. The molecule has 106 valence electrons. The van der Waals surface area contributed by atoms with Crippen LogP contribution in [0.15, 0.2) is 54.6 Å². The second kappa shape index (κ2) is 7.05. The maximum absolute atomic E-state index is 11.1. The Hall–Kier alpha value is -2.88. The van der Waals surface area contributed by atoms with Gasteiger partial charge in [0.05, 0.1) is 0 Å². The van der Waals surface area contributed by atoms with E-state index in [4.69, 9.17) is 9.84 Å². The molecule has 2 aromatic rings. The summed E-state index contributed by atoms with van der Waals surface area (Å²) in [7, 11) is 0. The van der Waals surface area contributed by atoms with Crippen LogP contribution in [0.2, 0.25) is 0 Å². The topological polar surface area (TPSA) is 63.6 Å². The first-order chi connectivity index (χ1) is 10.2. The molecule has 0 radical (unpaired) electrons. The van der Waals surface area contributed by atoms with E-state index < -0.39 is 5.97 Å². The number of hydrogen-bond donors (Lipinski definition) is 1. The first kappa shape index (κ1) is 14.5. The molecule has 1 N–H and O–H groups in total. The average Bonchev–Trinajstić information content (AvgIpc) is 2.52. The van der Waals surface area contributed by atoms with Crippen LogP contribution in [-0.2, 0) is 11.4 Å². The van der Waals surface area contributed by atoms with Gasteiger partial charge in [-0.2, -0.15) is 0 Å². The van der Waals surface area contributed by atoms with Gasteiger partial charge in [-0.1, -0.05) is 36.4 Å².